The predicted octanol–water partition coefficient (Wildman–Crippen LogP) is 2.61. The van der Waals surface area contributed by atoms with Crippen molar-refractivity contribution in [1.82, 2.24) is 5.32 Å². The van der Waals surface area contributed by atoms with E-state index in [1.54, 1.807) is 7.11 Å². The summed E-state index contributed by atoms with van der Waals surface area (Å²) in [7, 11) is 1.67. The molecule has 1 aromatic rings. The van der Waals surface area contributed by atoms with E-state index in [-0.39, 0.29) is 0 Å². The molecule has 108 valence electrons. The van der Waals surface area contributed by atoms with Crippen molar-refractivity contribution in [2.45, 2.75) is 26.8 Å². The SMILES string of the molecule is CCNCc1ccc(OCCCOCC)c(OC)c1. The van der Waals surface area contributed by atoms with Gasteiger partial charge < -0.3 is 19.5 Å². The fourth-order valence-corrected chi connectivity index (χ4v) is 1.70. The van der Waals surface area contributed by atoms with Gasteiger partial charge in [0.15, 0.2) is 11.5 Å². The smallest absolute Gasteiger partial charge is 0.161 e. The minimum atomic E-state index is 0.642. The Hall–Kier alpha value is -1.26. The quantitative estimate of drug-likeness (QED) is 0.661. The maximum Gasteiger partial charge on any atom is 0.161 e. The van der Waals surface area contributed by atoms with E-state index in [4.69, 9.17) is 14.2 Å². The molecule has 1 aromatic carbocycles. The van der Waals surface area contributed by atoms with Crippen LogP contribution in [0.5, 0.6) is 11.5 Å². The van der Waals surface area contributed by atoms with Gasteiger partial charge in [-0.15, -0.1) is 0 Å². The van der Waals surface area contributed by atoms with E-state index in [0.29, 0.717) is 6.61 Å². The topological polar surface area (TPSA) is 39.7 Å². The number of rotatable bonds is 10. The molecule has 0 atom stereocenters. The Kier molecular flexibility index (Phi) is 8.02. The lowest BCUT2D eigenvalue weighted by atomic mass is 10.2. The van der Waals surface area contributed by atoms with Crippen molar-refractivity contribution in [3.05, 3.63) is 23.8 Å². The molecule has 0 heterocycles. The molecule has 0 saturated carbocycles. The normalized spacial score (nSPS) is 10.5. The molecule has 0 aliphatic rings. The van der Waals surface area contributed by atoms with Crippen LogP contribution in [-0.4, -0.2) is 33.5 Å². The Morgan fingerprint density at radius 1 is 1.11 bits per heavy atom. The van der Waals surface area contributed by atoms with Gasteiger partial charge in [-0.25, -0.2) is 0 Å². The van der Waals surface area contributed by atoms with Crippen LogP contribution in [0.25, 0.3) is 0 Å². The van der Waals surface area contributed by atoms with Crippen molar-refractivity contribution < 1.29 is 14.2 Å². The molecular formula is C15H25NO3. The third-order valence-electron chi connectivity index (χ3n) is 2.70. The van der Waals surface area contributed by atoms with Crippen LogP contribution in [0.2, 0.25) is 0 Å². The van der Waals surface area contributed by atoms with Crippen LogP contribution in [-0.2, 0) is 11.3 Å². The highest BCUT2D eigenvalue weighted by Crippen LogP contribution is 2.28. The maximum atomic E-state index is 5.71. The lowest BCUT2D eigenvalue weighted by molar-refractivity contribution is 0.130. The van der Waals surface area contributed by atoms with Crippen molar-refractivity contribution in [1.29, 1.82) is 0 Å². The zero-order valence-corrected chi connectivity index (χ0v) is 12.2. The molecule has 0 spiro atoms. The fraction of sp³-hybridized carbons (Fsp3) is 0.600. The lowest BCUT2D eigenvalue weighted by Gasteiger charge is -2.12. The van der Waals surface area contributed by atoms with Gasteiger partial charge in [0.1, 0.15) is 0 Å². The molecule has 0 radical (unpaired) electrons. The summed E-state index contributed by atoms with van der Waals surface area (Å²) in [6.45, 7) is 8.01. The molecule has 1 rings (SSSR count). The van der Waals surface area contributed by atoms with Crippen LogP contribution in [0.15, 0.2) is 18.2 Å². The number of hydrogen-bond donors (Lipinski definition) is 1. The van der Waals surface area contributed by atoms with Crippen LogP contribution in [0.4, 0.5) is 0 Å². The largest absolute Gasteiger partial charge is 0.493 e. The molecule has 1 N–H and O–H groups in total. The predicted molar refractivity (Wildman–Crippen MR) is 77.0 cm³/mol. The van der Waals surface area contributed by atoms with Crippen molar-refractivity contribution in [2.75, 3.05) is 33.5 Å². The van der Waals surface area contributed by atoms with Gasteiger partial charge in [-0.1, -0.05) is 13.0 Å². The summed E-state index contributed by atoms with van der Waals surface area (Å²) in [6.07, 6.45) is 0.885. The van der Waals surface area contributed by atoms with E-state index in [0.717, 1.165) is 44.2 Å². The van der Waals surface area contributed by atoms with Crippen molar-refractivity contribution in [3.8, 4) is 11.5 Å². The minimum absolute atomic E-state index is 0.642. The van der Waals surface area contributed by atoms with Gasteiger partial charge in [0.05, 0.1) is 13.7 Å². The van der Waals surface area contributed by atoms with Crippen molar-refractivity contribution >= 4 is 0 Å². The second kappa shape index (κ2) is 9.64. The molecule has 0 bridgehead atoms. The summed E-state index contributed by atoms with van der Waals surface area (Å²) in [4.78, 5) is 0. The van der Waals surface area contributed by atoms with Crippen LogP contribution < -0.4 is 14.8 Å². The lowest BCUT2D eigenvalue weighted by Crippen LogP contribution is -2.11. The monoisotopic (exact) mass is 267 g/mol. The van der Waals surface area contributed by atoms with E-state index in [1.165, 1.54) is 5.56 Å². The van der Waals surface area contributed by atoms with Crippen LogP contribution in [0.1, 0.15) is 25.8 Å². The van der Waals surface area contributed by atoms with Gasteiger partial charge in [0, 0.05) is 26.2 Å². The van der Waals surface area contributed by atoms with Gasteiger partial charge in [-0.05, 0) is 31.2 Å². The summed E-state index contributed by atoms with van der Waals surface area (Å²) in [5, 5.41) is 3.29. The molecular weight excluding hydrogens is 242 g/mol. The molecule has 0 fully saturated rings. The van der Waals surface area contributed by atoms with Crippen molar-refractivity contribution in [2.24, 2.45) is 0 Å². The first-order valence-electron chi connectivity index (χ1n) is 6.90. The summed E-state index contributed by atoms with van der Waals surface area (Å²) < 4.78 is 16.3. The van der Waals surface area contributed by atoms with Gasteiger partial charge in [0.2, 0.25) is 0 Å². The number of ether oxygens (including phenoxy) is 3. The number of hydrogen-bond acceptors (Lipinski definition) is 4. The Bertz CT molecular complexity index is 355. The molecule has 0 aromatic heterocycles. The number of methoxy groups -OCH3 is 1. The van der Waals surface area contributed by atoms with Crippen LogP contribution in [0.3, 0.4) is 0 Å². The van der Waals surface area contributed by atoms with Gasteiger partial charge in [0.25, 0.3) is 0 Å². The van der Waals surface area contributed by atoms with Gasteiger partial charge in [-0.3, -0.25) is 0 Å². The van der Waals surface area contributed by atoms with Gasteiger partial charge >= 0.3 is 0 Å². The Labute approximate surface area is 116 Å². The first kappa shape index (κ1) is 15.8. The summed E-state index contributed by atoms with van der Waals surface area (Å²) in [5.41, 5.74) is 1.19. The summed E-state index contributed by atoms with van der Waals surface area (Å²) in [5.74, 6) is 1.58. The standard InChI is InChI=1S/C15H25NO3/c1-4-16-12-13-7-8-14(15(11-13)17-3)19-10-6-9-18-5-2/h7-8,11,16H,4-6,9-10,12H2,1-3H3. The highest BCUT2D eigenvalue weighted by molar-refractivity contribution is 5.42. The average molecular weight is 267 g/mol. The number of benzene rings is 1. The molecule has 0 saturated heterocycles. The Morgan fingerprint density at radius 2 is 1.95 bits per heavy atom. The second-order valence-corrected chi connectivity index (χ2v) is 4.16. The third kappa shape index (κ3) is 5.94. The molecule has 19 heavy (non-hydrogen) atoms. The van der Waals surface area contributed by atoms with E-state index in [9.17, 15) is 0 Å². The third-order valence-corrected chi connectivity index (χ3v) is 2.70. The molecule has 0 amide bonds. The zero-order chi connectivity index (χ0) is 13.9. The molecule has 4 heteroatoms. The minimum Gasteiger partial charge on any atom is -0.493 e. The highest BCUT2D eigenvalue weighted by atomic mass is 16.5. The molecule has 0 unspecified atom stereocenters. The van der Waals surface area contributed by atoms with Crippen LogP contribution >= 0.6 is 0 Å². The summed E-state index contributed by atoms with van der Waals surface area (Å²) >= 11 is 0. The average Bonchev–Trinajstić information content (AvgIpc) is 2.45. The second-order valence-electron chi connectivity index (χ2n) is 4.16. The summed E-state index contributed by atoms with van der Waals surface area (Å²) in [6, 6.07) is 6.04. The highest BCUT2D eigenvalue weighted by Gasteiger charge is 2.05. The van der Waals surface area contributed by atoms with E-state index in [2.05, 4.69) is 18.3 Å². The molecule has 0 aliphatic carbocycles. The molecule has 4 nitrogen and oxygen atoms in total. The van der Waals surface area contributed by atoms with Crippen LogP contribution in [0, 0.1) is 0 Å². The Balaban J connectivity index is 2.48. The number of nitrogens with one attached hydrogen (secondary N) is 1. The van der Waals surface area contributed by atoms with Crippen molar-refractivity contribution in [3.63, 3.8) is 0 Å². The van der Waals surface area contributed by atoms with E-state index < -0.39 is 0 Å². The first-order valence-corrected chi connectivity index (χ1v) is 6.90. The first-order chi connectivity index (χ1) is 9.31. The maximum absolute atomic E-state index is 5.71. The molecule has 0 aliphatic heterocycles. The Morgan fingerprint density at radius 3 is 2.63 bits per heavy atom. The fourth-order valence-electron chi connectivity index (χ4n) is 1.70. The van der Waals surface area contributed by atoms with Gasteiger partial charge in [-0.2, -0.15) is 0 Å². The van der Waals surface area contributed by atoms with E-state index in [1.807, 2.05) is 19.1 Å². The zero-order valence-electron chi connectivity index (χ0n) is 12.2. The van der Waals surface area contributed by atoms with E-state index >= 15 is 0 Å².